The summed E-state index contributed by atoms with van der Waals surface area (Å²) in [5.74, 6) is -0.137. The Morgan fingerprint density at radius 3 is 2.32 bits per heavy atom. The summed E-state index contributed by atoms with van der Waals surface area (Å²) in [6.45, 7) is 2.17. The minimum atomic E-state index is -4.42. The molecular formula is C19H26F3N3O5S. The van der Waals surface area contributed by atoms with E-state index in [0.717, 1.165) is 12.1 Å². The van der Waals surface area contributed by atoms with Gasteiger partial charge in [-0.1, -0.05) is 6.92 Å². The number of aliphatic hydroxyl groups is 1. The summed E-state index contributed by atoms with van der Waals surface area (Å²) < 4.78 is 71.2. The topological polar surface area (TPSA) is 108 Å². The molecule has 2 fully saturated rings. The Balaban J connectivity index is 1.55. The molecular weight excluding hydrogens is 439 g/mol. The van der Waals surface area contributed by atoms with Crippen molar-refractivity contribution < 1.29 is 36.2 Å². The summed E-state index contributed by atoms with van der Waals surface area (Å²) in [5.41, 5.74) is -0.760. The number of sulfonamides is 1. The Bertz CT molecular complexity index is 871. The van der Waals surface area contributed by atoms with Crippen LogP contribution in [0.25, 0.3) is 0 Å². The summed E-state index contributed by atoms with van der Waals surface area (Å²) in [5, 5.41) is 13.6. The normalized spacial score (nSPS) is 24.7. The molecule has 1 aromatic carbocycles. The Labute approximate surface area is 178 Å². The maximum Gasteiger partial charge on any atom is 0.416 e. The van der Waals surface area contributed by atoms with Crippen LogP contribution in [0.15, 0.2) is 24.3 Å². The molecule has 8 nitrogen and oxygen atoms in total. The van der Waals surface area contributed by atoms with E-state index >= 15 is 0 Å². The van der Waals surface area contributed by atoms with Crippen molar-refractivity contribution in [1.82, 2.24) is 14.9 Å². The second-order valence-corrected chi connectivity index (χ2v) is 9.89. The van der Waals surface area contributed by atoms with Crippen LogP contribution in [0.3, 0.4) is 0 Å². The molecule has 31 heavy (non-hydrogen) atoms. The number of hydrogen-bond acceptors (Lipinski definition) is 6. The van der Waals surface area contributed by atoms with Gasteiger partial charge >= 0.3 is 6.18 Å². The van der Waals surface area contributed by atoms with Crippen molar-refractivity contribution in [3.63, 3.8) is 0 Å². The first-order valence-corrected chi connectivity index (χ1v) is 11.6. The number of carbonyl (C=O) groups excluding carboxylic acids is 1. The molecule has 2 aliphatic heterocycles. The summed E-state index contributed by atoms with van der Waals surface area (Å²) in [6.07, 6.45) is -4.75. The van der Waals surface area contributed by atoms with Gasteiger partial charge in [-0.25, -0.2) is 12.7 Å². The molecule has 2 saturated heterocycles. The van der Waals surface area contributed by atoms with E-state index in [1.54, 1.807) is 6.92 Å². The fraction of sp³-hybridized carbons (Fsp3) is 0.632. The average Bonchev–Trinajstić information content (AvgIpc) is 3.03. The van der Waals surface area contributed by atoms with Crippen LogP contribution in [0.1, 0.15) is 38.2 Å². The van der Waals surface area contributed by atoms with Gasteiger partial charge in [-0.15, -0.1) is 0 Å². The van der Waals surface area contributed by atoms with Crippen molar-refractivity contribution in [2.75, 3.05) is 13.1 Å². The lowest BCUT2D eigenvalue weighted by atomic mass is 10.1. The molecule has 0 bridgehead atoms. The summed E-state index contributed by atoms with van der Waals surface area (Å²) >= 11 is 0. The highest BCUT2D eigenvalue weighted by molar-refractivity contribution is 7.89. The van der Waals surface area contributed by atoms with E-state index in [-0.39, 0.29) is 25.6 Å². The molecule has 0 saturated carbocycles. The highest BCUT2D eigenvalue weighted by atomic mass is 32.2. The number of aliphatic hydroxyl groups excluding tert-OH is 1. The van der Waals surface area contributed by atoms with Crippen LogP contribution in [-0.4, -0.2) is 60.6 Å². The van der Waals surface area contributed by atoms with Gasteiger partial charge in [0.2, 0.25) is 15.9 Å². The van der Waals surface area contributed by atoms with E-state index in [1.165, 1.54) is 16.4 Å². The second kappa shape index (κ2) is 9.31. The van der Waals surface area contributed by atoms with Crippen LogP contribution in [0.2, 0.25) is 0 Å². The van der Waals surface area contributed by atoms with Gasteiger partial charge in [0.1, 0.15) is 11.9 Å². The Morgan fingerprint density at radius 2 is 1.84 bits per heavy atom. The van der Waals surface area contributed by atoms with Gasteiger partial charge in [-0.2, -0.15) is 13.2 Å². The van der Waals surface area contributed by atoms with Crippen LogP contribution in [0.5, 0.6) is 5.75 Å². The zero-order chi connectivity index (χ0) is 22.8. The number of halogens is 3. The molecule has 2 aliphatic rings. The van der Waals surface area contributed by atoms with Crippen LogP contribution in [0, 0.1) is 0 Å². The third kappa shape index (κ3) is 5.68. The Hall–Kier alpha value is -1.89. The number of nitrogens with one attached hydrogen (secondary N) is 2. The molecule has 1 aromatic rings. The molecule has 1 amide bonds. The van der Waals surface area contributed by atoms with Crippen molar-refractivity contribution in [3.05, 3.63) is 29.8 Å². The van der Waals surface area contributed by atoms with Crippen LogP contribution < -0.4 is 15.4 Å². The number of amides is 1. The third-order valence-corrected chi connectivity index (χ3v) is 8.03. The molecule has 2 heterocycles. The van der Waals surface area contributed by atoms with Crippen molar-refractivity contribution in [3.8, 4) is 5.75 Å². The number of alkyl halides is 3. The monoisotopic (exact) mass is 465 g/mol. The molecule has 3 N–H and O–H groups in total. The molecule has 3 atom stereocenters. The van der Waals surface area contributed by atoms with E-state index in [9.17, 15) is 31.5 Å². The number of carbonyl (C=O) groups is 1. The molecule has 174 valence electrons. The van der Waals surface area contributed by atoms with Gasteiger partial charge in [-0.05, 0) is 49.9 Å². The Kier molecular flexibility index (Phi) is 7.14. The summed E-state index contributed by atoms with van der Waals surface area (Å²) in [4.78, 5) is 11.8. The van der Waals surface area contributed by atoms with Crippen molar-refractivity contribution in [1.29, 1.82) is 0 Å². The van der Waals surface area contributed by atoms with E-state index in [2.05, 4.69) is 10.6 Å². The smallest absolute Gasteiger partial charge is 0.416 e. The second-order valence-electron chi connectivity index (χ2n) is 7.68. The molecule has 0 aromatic heterocycles. The number of nitrogens with zero attached hydrogens (tertiary/aromatic N) is 1. The van der Waals surface area contributed by atoms with Gasteiger partial charge in [0.25, 0.3) is 0 Å². The van der Waals surface area contributed by atoms with Crippen molar-refractivity contribution in [2.24, 2.45) is 0 Å². The zero-order valence-corrected chi connectivity index (χ0v) is 17.7. The van der Waals surface area contributed by atoms with Crippen LogP contribution >= 0.6 is 0 Å². The van der Waals surface area contributed by atoms with E-state index in [4.69, 9.17) is 4.74 Å². The van der Waals surface area contributed by atoms with Gasteiger partial charge in [0, 0.05) is 13.1 Å². The van der Waals surface area contributed by atoms with Crippen LogP contribution in [0.4, 0.5) is 13.2 Å². The molecule has 0 aliphatic carbocycles. The third-order valence-electron chi connectivity index (χ3n) is 5.57. The maximum absolute atomic E-state index is 13.0. The molecule has 0 radical (unpaired) electrons. The van der Waals surface area contributed by atoms with Crippen LogP contribution in [-0.2, 0) is 21.0 Å². The van der Waals surface area contributed by atoms with Crippen molar-refractivity contribution >= 4 is 15.9 Å². The number of piperidine rings is 1. The standard InChI is InChI=1S/C19H26F3N3O5S/c1-2-15(11-16-17(26)24-18(27)23-16)31(28,29)25-9-7-14(8-10-25)30-13-5-3-12(4-6-13)19(20,21)22/h3-6,14-16,18,23,27H,2,7-11H2,1H3,(H,24,26)/t15?,16-,18?/m1/s1. The molecule has 2 unspecified atom stereocenters. The SMILES string of the molecule is CCC(C[C@H]1NC(O)NC1=O)S(=O)(=O)N1CCC(Oc2ccc(C(F)(F)F)cc2)CC1. The predicted octanol–water partition coefficient (Wildman–Crippen LogP) is 1.41. The quantitative estimate of drug-likeness (QED) is 0.562. The fourth-order valence-electron chi connectivity index (χ4n) is 3.81. The largest absolute Gasteiger partial charge is 0.490 e. The van der Waals surface area contributed by atoms with E-state index < -0.39 is 45.3 Å². The van der Waals surface area contributed by atoms with Gasteiger partial charge < -0.3 is 15.2 Å². The fourth-order valence-corrected chi connectivity index (χ4v) is 5.81. The minimum Gasteiger partial charge on any atom is -0.490 e. The number of benzene rings is 1. The summed E-state index contributed by atoms with van der Waals surface area (Å²) in [6, 6.07) is 3.63. The van der Waals surface area contributed by atoms with E-state index in [1.807, 2.05) is 0 Å². The highest BCUT2D eigenvalue weighted by Crippen LogP contribution is 2.31. The first-order valence-electron chi connectivity index (χ1n) is 10.1. The average molecular weight is 465 g/mol. The van der Waals surface area contributed by atoms with E-state index in [0.29, 0.717) is 25.0 Å². The Morgan fingerprint density at radius 1 is 1.23 bits per heavy atom. The molecule has 3 rings (SSSR count). The highest BCUT2D eigenvalue weighted by Gasteiger charge is 2.39. The minimum absolute atomic E-state index is 0.0453. The lowest BCUT2D eigenvalue weighted by Crippen LogP contribution is -2.47. The zero-order valence-electron chi connectivity index (χ0n) is 16.9. The van der Waals surface area contributed by atoms with Gasteiger partial charge in [0.05, 0.1) is 16.9 Å². The lowest BCUT2D eigenvalue weighted by molar-refractivity contribution is -0.137. The number of hydrogen-bond donors (Lipinski definition) is 3. The van der Waals surface area contributed by atoms with Gasteiger partial charge in [0.15, 0.2) is 6.35 Å². The lowest BCUT2D eigenvalue weighted by Gasteiger charge is -2.34. The predicted molar refractivity (Wildman–Crippen MR) is 105 cm³/mol. The maximum atomic E-state index is 13.0. The first-order chi connectivity index (χ1) is 14.5. The molecule has 12 heteroatoms. The van der Waals surface area contributed by atoms with Gasteiger partial charge in [-0.3, -0.25) is 10.1 Å². The summed E-state index contributed by atoms with van der Waals surface area (Å²) in [7, 11) is -3.67. The molecule has 0 spiro atoms. The van der Waals surface area contributed by atoms with Crippen molar-refractivity contribution in [2.45, 2.75) is 62.5 Å². The first kappa shape index (κ1) is 23.8. The number of ether oxygens (including phenoxy) is 1. The number of rotatable bonds is 7.